The Morgan fingerprint density at radius 3 is 1.13 bits per heavy atom. The number of aromatic nitrogens is 2. The molecule has 0 aliphatic heterocycles. The third kappa shape index (κ3) is 7.61. The van der Waals surface area contributed by atoms with E-state index in [-0.39, 0.29) is 88.2 Å². The molecule has 0 aliphatic rings. The minimum absolute atomic E-state index is 0. The Morgan fingerprint density at radius 2 is 0.855 bits per heavy atom. The minimum Gasteiger partial charge on any atom is -1.00 e. The van der Waals surface area contributed by atoms with Crippen LogP contribution in [0.5, 0.6) is 0 Å². The number of rotatable bonds is 10. The van der Waals surface area contributed by atoms with Crippen LogP contribution in [0.1, 0.15) is 95.2 Å². The van der Waals surface area contributed by atoms with Crippen LogP contribution in [0.25, 0.3) is 43.7 Å². The second kappa shape index (κ2) is 16.7. The van der Waals surface area contributed by atoms with Gasteiger partial charge in [0, 0.05) is 59.3 Å². The second-order valence-electron chi connectivity index (χ2n) is 12.2. The fourth-order valence-corrected chi connectivity index (χ4v) is 6.67. The number of nitrogens with zero attached hydrogens (tertiary/aromatic N) is 2. The van der Waals surface area contributed by atoms with E-state index in [4.69, 9.17) is 8.83 Å². The van der Waals surface area contributed by atoms with Gasteiger partial charge in [0.1, 0.15) is 22.6 Å². The Hall–Kier alpha value is -5.84. The van der Waals surface area contributed by atoms with E-state index in [1.54, 1.807) is 13.8 Å². The van der Waals surface area contributed by atoms with Gasteiger partial charge >= 0.3 is 53.4 Å². The van der Waals surface area contributed by atoms with Crippen LogP contribution in [-0.2, 0) is 25.9 Å². The van der Waals surface area contributed by atoms with Crippen molar-refractivity contribution in [3.63, 3.8) is 0 Å². The maximum absolute atomic E-state index is 12.6. The monoisotopic (exact) mass is 766 g/mol. The van der Waals surface area contributed by atoms with Gasteiger partial charge < -0.3 is 39.8 Å². The van der Waals surface area contributed by atoms with Gasteiger partial charge in [-0.2, -0.15) is 0 Å². The molecule has 0 bridgehead atoms. The first kappa shape index (κ1) is 41.9. The first-order valence-electron chi connectivity index (χ1n) is 16.9. The van der Waals surface area contributed by atoms with Crippen LogP contribution in [-0.4, -0.2) is 53.4 Å². The van der Waals surface area contributed by atoms with Crippen molar-refractivity contribution in [2.24, 2.45) is 0 Å². The molecular formula is C38H35N2NaO14. The number of aromatic carboxylic acids is 4. The zero-order chi connectivity index (χ0) is 39.8. The zero-order valence-electron chi connectivity index (χ0n) is 31.5. The SMILES string of the molecule is CCCc1c2oc(C(=O)O)cc(=O)c2cc2c(=O)cc(C(=O)O)n(CC)c12.CCCc1c2oc(C(=O)O)cc(=O)c2cc2c(=O)cc(C(=O)O)n(CC)c12.[H-].[Na+]. The largest absolute Gasteiger partial charge is 1.00 e. The molecule has 4 heterocycles. The van der Waals surface area contributed by atoms with Crippen LogP contribution in [0.3, 0.4) is 0 Å². The van der Waals surface area contributed by atoms with Crippen LogP contribution >= 0.6 is 0 Å². The summed E-state index contributed by atoms with van der Waals surface area (Å²) in [5.41, 5.74) is -0.801. The first-order valence-corrected chi connectivity index (χ1v) is 16.9. The van der Waals surface area contributed by atoms with Gasteiger partial charge in [-0.3, -0.25) is 19.2 Å². The van der Waals surface area contributed by atoms with Crippen molar-refractivity contribution in [3.8, 4) is 0 Å². The average Bonchev–Trinajstić information content (AvgIpc) is 3.12. The standard InChI is InChI=1S/2C19H17NO7.Na.H/c2*1-3-5-9-16-10(13(21)7-12(18(23)24)20(16)4-2)6-11-14(22)8-15(19(25)26)27-17(9)11;;/h2*6-8H,3-5H2,1-2H3,(H,23,24)(H,25,26);;/q;;+1;-1. The molecule has 6 aromatic rings. The smallest absolute Gasteiger partial charge is 1.00 e. The number of benzene rings is 2. The molecule has 4 N–H and O–H groups in total. The molecule has 4 aromatic heterocycles. The van der Waals surface area contributed by atoms with Crippen molar-refractivity contribution in [2.45, 2.75) is 66.5 Å². The quantitative estimate of drug-likeness (QED) is 0.115. The number of carboxylic acids is 4. The van der Waals surface area contributed by atoms with Crippen LogP contribution in [0.4, 0.5) is 0 Å². The third-order valence-electron chi connectivity index (χ3n) is 8.86. The van der Waals surface area contributed by atoms with E-state index in [1.165, 1.54) is 21.3 Å². The number of hydrogen-bond donors (Lipinski definition) is 4. The topological polar surface area (TPSA) is 254 Å². The Bertz CT molecular complexity index is 2640. The molecule has 55 heavy (non-hydrogen) atoms. The molecule has 0 spiro atoms. The summed E-state index contributed by atoms with van der Waals surface area (Å²) < 4.78 is 13.9. The van der Waals surface area contributed by atoms with Crippen molar-refractivity contribution in [2.75, 3.05) is 0 Å². The van der Waals surface area contributed by atoms with E-state index >= 15 is 0 Å². The van der Waals surface area contributed by atoms with Gasteiger partial charge in [-0.25, -0.2) is 19.2 Å². The van der Waals surface area contributed by atoms with E-state index in [0.717, 1.165) is 24.3 Å². The Kier molecular flexibility index (Phi) is 12.7. The molecule has 0 radical (unpaired) electrons. The summed E-state index contributed by atoms with van der Waals surface area (Å²) in [5, 5.41) is 37.9. The van der Waals surface area contributed by atoms with Crippen molar-refractivity contribution in [1.82, 2.24) is 9.13 Å². The third-order valence-corrected chi connectivity index (χ3v) is 8.86. The number of carbonyl (C=O) groups is 4. The van der Waals surface area contributed by atoms with Crippen LogP contribution in [0.15, 0.2) is 64.4 Å². The van der Waals surface area contributed by atoms with Crippen LogP contribution in [0, 0.1) is 0 Å². The van der Waals surface area contributed by atoms with Crippen molar-refractivity contribution < 1.29 is 79.4 Å². The minimum atomic E-state index is -1.39. The number of pyridine rings is 2. The molecule has 0 saturated carbocycles. The number of hydrogen-bond acceptors (Lipinski definition) is 10. The number of aryl methyl sites for hydroxylation is 4. The molecule has 17 heteroatoms. The molecule has 282 valence electrons. The van der Waals surface area contributed by atoms with Crippen molar-refractivity contribution in [1.29, 1.82) is 0 Å². The Labute approximate surface area is 332 Å². The summed E-state index contributed by atoms with van der Waals surface area (Å²) in [6.45, 7) is 7.76. The number of carboxylic acid groups (broad SMARTS) is 4. The second-order valence-corrected chi connectivity index (χ2v) is 12.2. The van der Waals surface area contributed by atoms with Crippen molar-refractivity contribution >= 4 is 67.6 Å². The van der Waals surface area contributed by atoms with E-state index in [0.29, 0.717) is 47.8 Å². The Balaban J connectivity index is 0.000000290. The molecule has 0 atom stereocenters. The van der Waals surface area contributed by atoms with Gasteiger partial charge in [0.05, 0.1) is 21.8 Å². The molecule has 0 aliphatic carbocycles. The zero-order valence-corrected chi connectivity index (χ0v) is 32.5. The van der Waals surface area contributed by atoms with E-state index in [9.17, 15) is 58.8 Å². The van der Waals surface area contributed by atoms with Crippen LogP contribution in [0.2, 0.25) is 0 Å². The van der Waals surface area contributed by atoms with Gasteiger partial charge in [-0.1, -0.05) is 26.7 Å². The summed E-state index contributed by atoms with van der Waals surface area (Å²) in [6.07, 6.45) is 1.99. The van der Waals surface area contributed by atoms with Gasteiger partial charge in [0.15, 0.2) is 21.7 Å². The predicted octanol–water partition coefficient (Wildman–Crippen LogP) is 2.07. The van der Waals surface area contributed by atoms with E-state index in [1.807, 2.05) is 13.8 Å². The van der Waals surface area contributed by atoms with Crippen molar-refractivity contribution in [3.05, 3.63) is 111 Å². The summed E-state index contributed by atoms with van der Waals surface area (Å²) in [7, 11) is 0. The molecule has 0 unspecified atom stereocenters. The van der Waals surface area contributed by atoms with E-state index in [2.05, 4.69) is 0 Å². The predicted molar refractivity (Wildman–Crippen MR) is 197 cm³/mol. The fourth-order valence-electron chi connectivity index (χ4n) is 6.67. The van der Waals surface area contributed by atoms with Gasteiger partial charge in [-0.15, -0.1) is 0 Å². The fraction of sp³-hybridized carbons (Fsp3) is 0.263. The molecule has 6 rings (SSSR count). The summed E-state index contributed by atoms with van der Waals surface area (Å²) in [5.74, 6) is -6.29. The molecule has 2 aromatic carbocycles. The van der Waals surface area contributed by atoms with Gasteiger partial charge in [0.25, 0.3) is 0 Å². The van der Waals surface area contributed by atoms with Gasteiger partial charge in [-0.05, 0) is 38.8 Å². The molecular weight excluding hydrogens is 731 g/mol. The normalized spacial score (nSPS) is 11.0. The Morgan fingerprint density at radius 1 is 0.527 bits per heavy atom. The molecule has 0 amide bonds. The van der Waals surface area contributed by atoms with Gasteiger partial charge in [0.2, 0.25) is 11.5 Å². The summed E-state index contributed by atoms with van der Waals surface area (Å²) in [6, 6.07) is 6.50. The first-order chi connectivity index (χ1) is 25.6. The number of fused-ring (bicyclic) bond motifs is 4. The van der Waals surface area contributed by atoms with E-state index < -0.39 is 57.1 Å². The maximum Gasteiger partial charge on any atom is 1.00 e. The average molecular weight is 767 g/mol. The molecule has 16 nitrogen and oxygen atoms in total. The maximum atomic E-state index is 12.6. The molecule has 0 fully saturated rings. The van der Waals surface area contributed by atoms with Crippen LogP contribution < -0.4 is 51.3 Å². The summed E-state index contributed by atoms with van der Waals surface area (Å²) in [4.78, 5) is 95.7. The molecule has 0 saturated heterocycles. The summed E-state index contributed by atoms with van der Waals surface area (Å²) >= 11 is 0.